The molecule has 2 aliphatic heterocycles. The Labute approximate surface area is 158 Å². The first kappa shape index (κ1) is 17.9. The average molecular weight is 375 g/mol. The van der Waals surface area contributed by atoms with Crippen molar-refractivity contribution in [1.82, 2.24) is 14.9 Å². The van der Waals surface area contributed by atoms with Gasteiger partial charge in [0.1, 0.15) is 0 Å². The fraction of sp³-hybridized carbons (Fsp3) is 0.579. The molecule has 1 spiro atoms. The van der Waals surface area contributed by atoms with Crippen molar-refractivity contribution in [3.63, 3.8) is 0 Å². The van der Waals surface area contributed by atoms with Crippen molar-refractivity contribution in [3.05, 3.63) is 40.0 Å². The monoisotopic (exact) mass is 375 g/mol. The number of thiazole rings is 1. The zero-order chi connectivity index (χ0) is 18.0. The summed E-state index contributed by atoms with van der Waals surface area (Å²) in [6, 6.07) is 4.02. The first-order valence-electron chi connectivity index (χ1n) is 9.03. The number of nitrogens with zero attached hydrogens (tertiary/aromatic N) is 3. The van der Waals surface area contributed by atoms with E-state index in [1.165, 1.54) is 0 Å². The molecule has 0 radical (unpaired) electrons. The van der Waals surface area contributed by atoms with Gasteiger partial charge in [0.25, 0.3) is 0 Å². The van der Waals surface area contributed by atoms with Crippen molar-refractivity contribution in [2.24, 2.45) is 0 Å². The van der Waals surface area contributed by atoms with Gasteiger partial charge in [0.15, 0.2) is 0 Å². The van der Waals surface area contributed by atoms with Crippen LogP contribution >= 0.6 is 11.3 Å². The second-order valence-electron chi connectivity index (χ2n) is 7.13. The molecule has 2 saturated heterocycles. The SMILES string of the molecule is COc1ncccc1CN1CC2(C[C@H](OCc3csc(C)n3)CCO2)C1. The van der Waals surface area contributed by atoms with Crippen molar-refractivity contribution in [1.29, 1.82) is 0 Å². The van der Waals surface area contributed by atoms with E-state index in [2.05, 4.69) is 26.3 Å². The van der Waals surface area contributed by atoms with E-state index in [0.717, 1.165) is 55.3 Å². The first-order chi connectivity index (χ1) is 12.7. The normalized spacial score (nSPS) is 22.3. The minimum atomic E-state index is -0.0592. The number of ether oxygens (including phenoxy) is 3. The molecule has 0 aliphatic carbocycles. The minimum absolute atomic E-state index is 0.0592. The Kier molecular flexibility index (Phi) is 5.22. The summed E-state index contributed by atoms with van der Waals surface area (Å²) in [7, 11) is 1.67. The fourth-order valence-electron chi connectivity index (χ4n) is 3.87. The van der Waals surface area contributed by atoms with Gasteiger partial charge in [0.2, 0.25) is 5.88 Å². The van der Waals surface area contributed by atoms with Crippen molar-refractivity contribution < 1.29 is 14.2 Å². The topological polar surface area (TPSA) is 56.7 Å². The van der Waals surface area contributed by atoms with Crippen molar-refractivity contribution >= 4 is 11.3 Å². The smallest absolute Gasteiger partial charge is 0.217 e. The molecule has 2 fully saturated rings. The molecular weight excluding hydrogens is 350 g/mol. The van der Waals surface area contributed by atoms with Gasteiger partial charge in [-0.15, -0.1) is 11.3 Å². The lowest BCUT2D eigenvalue weighted by molar-refractivity contribution is -0.200. The van der Waals surface area contributed by atoms with Crippen LogP contribution < -0.4 is 4.74 Å². The van der Waals surface area contributed by atoms with Crippen LogP contribution in [0, 0.1) is 6.92 Å². The lowest BCUT2D eigenvalue weighted by Crippen LogP contribution is -2.65. The molecule has 2 aromatic rings. The molecule has 6 nitrogen and oxygen atoms in total. The Morgan fingerprint density at radius 2 is 2.31 bits per heavy atom. The molecule has 0 aromatic carbocycles. The second kappa shape index (κ2) is 7.60. The third-order valence-electron chi connectivity index (χ3n) is 5.04. The third kappa shape index (κ3) is 3.91. The highest BCUT2D eigenvalue weighted by molar-refractivity contribution is 7.09. The van der Waals surface area contributed by atoms with E-state index in [0.29, 0.717) is 12.5 Å². The van der Waals surface area contributed by atoms with Crippen molar-refractivity contribution in [2.75, 3.05) is 26.8 Å². The molecule has 7 heteroatoms. The number of methoxy groups -OCH3 is 1. The van der Waals surface area contributed by atoms with E-state index in [1.54, 1.807) is 24.6 Å². The van der Waals surface area contributed by atoms with Crippen LogP contribution in [0.5, 0.6) is 5.88 Å². The molecule has 2 aromatic heterocycles. The van der Waals surface area contributed by atoms with Crippen molar-refractivity contribution in [2.45, 2.75) is 44.6 Å². The van der Waals surface area contributed by atoms with Gasteiger partial charge >= 0.3 is 0 Å². The van der Waals surface area contributed by atoms with Gasteiger partial charge in [-0.25, -0.2) is 9.97 Å². The molecule has 0 amide bonds. The zero-order valence-electron chi connectivity index (χ0n) is 15.3. The maximum Gasteiger partial charge on any atom is 0.217 e. The van der Waals surface area contributed by atoms with Gasteiger partial charge in [-0.3, -0.25) is 4.90 Å². The van der Waals surface area contributed by atoms with E-state index < -0.39 is 0 Å². The molecule has 0 bridgehead atoms. The Hall–Kier alpha value is -1.54. The lowest BCUT2D eigenvalue weighted by atomic mass is 9.84. The van der Waals surface area contributed by atoms with Crippen LogP contribution in [-0.2, 0) is 22.6 Å². The van der Waals surface area contributed by atoms with E-state index in [9.17, 15) is 0 Å². The van der Waals surface area contributed by atoms with Gasteiger partial charge in [-0.05, 0) is 19.4 Å². The number of hydrogen-bond acceptors (Lipinski definition) is 7. The number of aromatic nitrogens is 2. The van der Waals surface area contributed by atoms with Crippen LogP contribution in [0.4, 0.5) is 0 Å². The lowest BCUT2D eigenvalue weighted by Gasteiger charge is -2.53. The summed E-state index contributed by atoms with van der Waals surface area (Å²) in [5, 5.41) is 3.17. The van der Waals surface area contributed by atoms with Crippen LogP contribution in [0.1, 0.15) is 29.1 Å². The van der Waals surface area contributed by atoms with Crippen LogP contribution in [0.25, 0.3) is 0 Å². The van der Waals surface area contributed by atoms with Crippen LogP contribution in [0.2, 0.25) is 0 Å². The molecular formula is C19H25N3O3S. The Balaban J connectivity index is 1.28. The summed E-state index contributed by atoms with van der Waals surface area (Å²) < 4.78 is 17.6. The Morgan fingerprint density at radius 1 is 1.42 bits per heavy atom. The molecule has 0 unspecified atom stereocenters. The summed E-state index contributed by atoms with van der Waals surface area (Å²) in [6.45, 7) is 6.09. The standard InChI is InChI=1S/C19H25N3O3S/c1-14-21-16(11-26-14)10-24-17-5-7-25-19(8-17)12-22(13-19)9-15-4-3-6-20-18(15)23-2/h3-4,6,11,17H,5,7-10,12-13H2,1-2H3/t17-/m1/s1. The minimum Gasteiger partial charge on any atom is -0.481 e. The second-order valence-corrected chi connectivity index (χ2v) is 8.19. The maximum atomic E-state index is 6.13. The first-order valence-corrected chi connectivity index (χ1v) is 9.91. The average Bonchev–Trinajstić information content (AvgIpc) is 3.05. The predicted octanol–water partition coefficient (Wildman–Crippen LogP) is 2.81. The van der Waals surface area contributed by atoms with E-state index in [-0.39, 0.29) is 11.7 Å². The van der Waals surface area contributed by atoms with Crippen LogP contribution in [-0.4, -0.2) is 53.4 Å². The number of likely N-dealkylation sites (tertiary alicyclic amines) is 1. The maximum absolute atomic E-state index is 6.13. The van der Waals surface area contributed by atoms with Gasteiger partial charge in [0.05, 0.1) is 36.1 Å². The van der Waals surface area contributed by atoms with Crippen LogP contribution in [0.3, 0.4) is 0 Å². The number of hydrogen-bond donors (Lipinski definition) is 0. The molecule has 26 heavy (non-hydrogen) atoms. The molecule has 4 heterocycles. The molecule has 1 atom stereocenters. The Morgan fingerprint density at radius 3 is 3.08 bits per heavy atom. The Bertz CT molecular complexity index is 745. The number of aryl methyl sites for hydroxylation is 1. The van der Waals surface area contributed by atoms with E-state index >= 15 is 0 Å². The fourth-order valence-corrected chi connectivity index (χ4v) is 4.47. The summed E-state index contributed by atoms with van der Waals surface area (Å²) >= 11 is 1.67. The van der Waals surface area contributed by atoms with Gasteiger partial charge in [-0.1, -0.05) is 6.07 Å². The molecule has 0 saturated carbocycles. The highest BCUT2D eigenvalue weighted by atomic mass is 32.1. The third-order valence-corrected chi connectivity index (χ3v) is 5.86. The van der Waals surface area contributed by atoms with Crippen LogP contribution in [0.15, 0.2) is 23.7 Å². The summed E-state index contributed by atoms with van der Waals surface area (Å²) in [6.07, 6.45) is 3.93. The molecule has 2 aliphatic rings. The molecule has 140 valence electrons. The summed E-state index contributed by atoms with van der Waals surface area (Å²) in [5.74, 6) is 0.706. The van der Waals surface area contributed by atoms with E-state index in [1.807, 2.05) is 13.0 Å². The quantitative estimate of drug-likeness (QED) is 0.774. The zero-order valence-corrected chi connectivity index (χ0v) is 16.1. The van der Waals surface area contributed by atoms with Gasteiger partial charge in [-0.2, -0.15) is 0 Å². The number of rotatable bonds is 6. The molecule has 0 N–H and O–H groups in total. The highest BCUT2D eigenvalue weighted by Gasteiger charge is 2.47. The highest BCUT2D eigenvalue weighted by Crippen LogP contribution is 2.36. The largest absolute Gasteiger partial charge is 0.481 e. The summed E-state index contributed by atoms with van der Waals surface area (Å²) in [5.41, 5.74) is 2.09. The molecule has 4 rings (SSSR count). The summed E-state index contributed by atoms with van der Waals surface area (Å²) in [4.78, 5) is 11.1. The van der Waals surface area contributed by atoms with Crippen molar-refractivity contribution in [3.8, 4) is 5.88 Å². The van der Waals surface area contributed by atoms with Gasteiger partial charge < -0.3 is 14.2 Å². The van der Waals surface area contributed by atoms with E-state index in [4.69, 9.17) is 14.2 Å². The number of pyridine rings is 1. The van der Waals surface area contributed by atoms with Gasteiger partial charge in [0, 0.05) is 49.8 Å². The predicted molar refractivity (Wildman–Crippen MR) is 99.4 cm³/mol.